The third kappa shape index (κ3) is 3.99. The van der Waals surface area contributed by atoms with Crippen LogP contribution in [0.4, 0.5) is 11.4 Å². The number of aryl methyl sites for hydroxylation is 2. The molecule has 2 heterocycles. The first-order chi connectivity index (χ1) is 16.4. The number of hydrogen-bond acceptors (Lipinski definition) is 5. The first kappa shape index (κ1) is 22.0. The van der Waals surface area contributed by atoms with Crippen LogP contribution in [0.2, 0.25) is 0 Å². The Bertz CT molecular complexity index is 1260. The maximum absolute atomic E-state index is 13.2. The first-order valence-corrected chi connectivity index (χ1v) is 11.4. The Morgan fingerprint density at radius 2 is 1.85 bits per heavy atom. The zero-order chi connectivity index (χ0) is 23.8. The Labute approximate surface area is 199 Å². The smallest absolute Gasteiger partial charge is 0.251 e. The predicted molar refractivity (Wildman–Crippen MR) is 132 cm³/mol. The second-order valence-corrected chi connectivity index (χ2v) is 8.87. The molecule has 0 saturated carbocycles. The van der Waals surface area contributed by atoms with Crippen LogP contribution in [0.5, 0.6) is 5.75 Å². The van der Waals surface area contributed by atoms with Crippen molar-refractivity contribution in [2.24, 2.45) is 5.92 Å². The van der Waals surface area contributed by atoms with Gasteiger partial charge in [0.1, 0.15) is 5.75 Å². The van der Waals surface area contributed by atoms with Crippen molar-refractivity contribution in [3.8, 4) is 5.75 Å². The molecular formula is C27H28N4O3. The molecule has 7 heteroatoms. The van der Waals surface area contributed by atoms with E-state index in [1.165, 1.54) is 5.56 Å². The van der Waals surface area contributed by atoms with Crippen LogP contribution in [0.1, 0.15) is 38.7 Å². The number of ether oxygens (including phenoxy) is 1. The van der Waals surface area contributed by atoms with Gasteiger partial charge in [0, 0.05) is 24.3 Å². The van der Waals surface area contributed by atoms with Crippen LogP contribution in [-0.2, 0) is 11.3 Å². The van der Waals surface area contributed by atoms with E-state index in [4.69, 9.17) is 4.74 Å². The van der Waals surface area contributed by atoms with Crippen molar-refractivity contribution in [3.05, 3.63) is 88.5 Å². The molecule has 0 radical (unpaired) electrons. The molecule has 174 valence electrons. The molecule has 3 N–H and O–H groups in total. The number of methoxy groups -OCH3 is 1. The number of hydrazine groups is 1. The van der Waals surface area contributed by atoms with Gasteiger partial charge in [0.2, 0.25) is 5.91 Å². The Morgan fingerprint density at radius 3 is 2.59 bits per heavy atom. The normalized spacial score (nSPS) is 18.7. The predicted octanol–water partition coefficient (Wildman–Crippen LogP) is 3.88. The number of nitrogens with zero attached hydrogens (tertiary/aromatic N) is 1. The van der Waals surface area contributed by atoms with Gasteiger partial charge in [-0.2, -0.15) is 0 Å². The molecule has 0 bridgehead atoms. The third-order valence-electron chi connectivity index (χ3n) is 6.73. The van der Waals surface area contributed by atoms with Gasteiger partial charge in [-0.15, -0.1) is 0 Å². The molecular weight excluding hydrogens is 428 g/mol. The monoisotopic (exact) mass is 456 g/mol. The summed E-state index contributed by atoms with van der Waals surface area (Å²) in [5, 5.41) is 7.98. The average molecular weight is 457 g/mol. The topological polar surface area (TPSA) is 82.7 Å². The molecule has 1 saturated heterocycles. The van der Waals surface area contributed by atoms with E-state index in [0.717, 1.165) is 33.8 Å². The summed E-state index contributed by atoms with van der Waals surface area (Å²) in [5.74, 6) is 0.406. The number of benzene rings is 3. The summed E-state index contributed by atoms with van der Waals surface area (Å²) in [6, 6.07) is 19.0. The van der Waals surface area contributed by atoms with Gasteiger partial charge in [0.15, 0.2) is 0 Å². The third-order valence-corrected chi connectivity index (χ3v) is 6.73. The van der Waals surface area contributed by atoms with Crippen molar-refractivity contribution in [3.63, 3.8) is 0 Å². The maximum atomic E-state index is 13.2. The zero-order valence-corrected chi connectivity index (χ0v) is 19.5. The van der Waals surface area contributed by atoms with Gasteiger partial charge in [0.25, 0.3) is 5.91 Å². The number of nitrogens with one attached hydrogen (secondary N) is 3. The highest BCUT2D eigenvalue weighted by molar-refractivity contribution is 5.99. The molecule has 0 aliphatic carbocycles. The fourth-order valence-corrected chi connectivity index (χ4v) is 4.53. The van der Waals surface area contributed by atoms with Crippen molar-refractivity contribution >= 4 is 23.2 Å². The Balaban J connectivity index is 1.34. The number of anilines is 2. The molecule has 2 unspecified atom stereocenters. The van der Waals surface area contributed by atoms with Crippen molar-refractivity contribution in [2.75, 3.05) is 24.0 Å². The lowest BCUT2D eigenvalue weighted by Gasteiger charge is -2.27. The molecule has 3 aromatic carbocycles. The Kier molecular flexibility index (Phi) is 5.71. The van der Waals surface area contributed by atoms with Crippen molar-refractivity contribution < 1.29 is 14.3 Å². The lowest BCUT2D eigenvalue weighted by Crippen LogP contribution is -2.35. The number of hydrogen-bond donors (Lipinski definition) is 3. The minimum Gasteiger partial charge on any atom is -0.497 e. The molecule has 2 aliphatic heterocycles. The molecule has 0 aromatic heterocycles. The van der Waals surface area contributed by atoms with E-state index in [1.807, 2.05) is 67.6 Å². The van der Waals surface area contributed by atoms with Crippen molar-refractivity contribution in [1.29, 1.82) is 0 Å². The first-order valence-electron chi connectivity index (χ1n) is 11.4. The van der Waals surface area contributed by atoms with Crippen LogP contribution >= 0.6 is 0 Å². The van der Waals surface area contributed by atoms with E-state index in [1.54, 1.807) is 12.1 Å². The molecule has 1 fully saturated rings. The quantitative estimate of drug-likeness (QED) is 0.543. The molecule has 5 rings (SSSR count). The summed E-state index contributed by atoms with van der Waals surface area (Å²) in [5.41, 5.74) is 9.96. The van der Waals surface area contributed by atoms with Gasteiger partial charge in [-0.05, 0) is 78.6 Å². The van der Waals surface area contributed by atoms with Crippen LogP contribution in [0.3, 0.4) is 0 Å². The van der Waals surface area contributed by atoms with E-state index in [2.05, 4.69) is 23.0 Å². The average Bonchev–Trinajstić information content (AvgIpc) is 3.21. The molecule has 2 atom stereocenters. The fourth-order valence-electron chi connectivity index (χ4n) is 4.53. The van der Waals surface area contributed by atoms with Crippen LogP contribution in [0.25, 0.3) is 0 Å². The fraction of sp³-hybridized carbons (Fsp3) is 0.259. The molecule has 3 aromatic rings. The minimum atomic E-state index is -0.244. The Hall–Kier alpha value is -3.84. The van der Waals surface area contributed by atoms with E-state index < -0.39 is 0 Å². The van der Waals surface area contributed by atoms with E-state index in [0.29, 0.717) is 18.7 Å². The molecule has 2 amide bonds. The van der Waals surface area contributed by atoms with E-state index in [-0.39, 0.29) is 23.8 Å². The van der Waals surface area contributed by atoms with Gasteiger partial charge in [-0.25, -0.2) is 10.4 Å². The van der Waals surface area contributed by atoms with Gasteiger partial charge < -0.3 is 15.4 Å². The summed E-state index contributed by atoms with van der Waals surface area (Å²) in [6.07, 6.45) is 0. The highest BCUT2D eigenvalue weighted by Crippen LogP contribution is 2.40. The number of carbonyl (C=O) groups excluding carboxylic acids is 2. The van der Waals surface area contributed by atoms with Crippen LogP contribution in [0, 0.1) is 19.8 Å². The number of rotatable bonds is 5. The zero-order valence-electron chi connectivity index (χ0n) is 19.5. The summed E-state index contributed by atoms with van der Waals surface area (Å²) in [6.45, 7) is 5.06. The highest BCUT2D eigenvalue weighted by Gasteiger charge is 2.44. The minimum absolute atomic E-state index is 0.0285. The lowest BCUT2D eigenvalue weighted by atomic mass is 9.88. The maximum Gasteiger partial charge on any atom is 0.251 e. The van der Waals surface area contributed by atoms with E-state index >= 15 is 0 Å². The molecule has 0 spiro atoms. The van der Waals surface area contributed by atoms with Crippen molar-refractivity contribution in [2.45, 2.75) is 26.4 Å². The summed E-state index contributed by atoms with van der Waals surface area (Å²) >= 11 is 0. The van der Waals surface area contributed by atoms with Gasteiger partial charge in [-0.1, -0.05) is 18.2 Å². The molecule has 34 heavy (non-hydrogen) atoms. The molecule has 7 nitrogen and oxygen atoms in total. The number of carbonyl (C=O) groups is 2. The standard InChI is InChI=1S/C27H28N4O3/c1-16-4-8-20(12-17(16)2)31-27(33)23-15-28-24-11-7-19(13-22(24)25(23)30-31)26(32)29-14-18-5-9-21(34-3)10-6-18/h4-13,23,25,28,30H,14-15H2,1-3H3,(H,29,32). The van der Waals surface area contributed by atoms with Crippen LogP contribution < -0.4 is 25.8 Å². The largest absolute Gasteiger partial charge is 0.497 e. The second-order valence-electron chi connectivity index (χ2n) is 8.87. The van der Waals surface area contributed by atoms with Crippen LogP contribution in [0.15, 0.2) is 60.7 Å². The molecule has 2 aliphatic rings. The second kappa shape index (κ2) is 8.83. The van der Waals surface area contributed by atoms with Gasteiger partial charge in [-0.3, -0.25) is 9.59 Å². The van der Waals surface area contributed by atoms with E-state index in [9.17, 15) is 9.59 Å². The summed E-state index contributed by atoms with van der Waals surface area (Å²) in [7, 11) is 1.63. The number of amides is 2. The van der Waals surface area contributed by atoms with Gasteiger partial charge in [0.05, 0.1) is 24.8 Å². The van der Waals surface area contributed by atoms with Crippen molar-refractivity contribution in [1.82, 2.24) is 10.7 Å². The van der Waals surface area contributed by atoms with Crippen LogP contribution in [-0.4, -0.2) is 25.5 Å². The highest BCUT2D eigenvalue weighted by atomic mass is 16.5. The number of fused-ring (bicyclic) bond motifs is 3. The summed E-state index contributed by atoms with van der Waals surface area (Å²) in [4.78, 5) is 26.1. The lowest BCUT2D eigenvalue weighted by molar-refractivity contribution is -0.120. The van der Waals surface area contributed by atoms with Gasteiger partial charge >= 0.3 is 0 Å². The Morgan fingerprint density at radius 1 is 1.06 bits per heavy atom. The summed E-state index contributed by atoms with van der Waals surface area (Å²) < 4.78 is 5.18. The SMILES string of the molecule is COc1ccc(CNC(=O)c2ccc3c(c2)C2NN(c4ccc(C)c(C)c4)C(=O)C2CN3)cc1.